The lowest BCUT2D eigenvalue weighted by Crippen LogP contribution is -2.19. The van der Waals surface area contributed by atoms with Crippen LogP contribution in [0, 0.1) is 6.92 Å². The van der Waals surface area contributed by atoms with Gasteiger partial charge in [-0.05, 0) is 75.6 Å². The summed E-state index contributed by atoms with van der Waals surface area (Å²) in [6, 6.07) is 23.9. The SMILES string of the molecule is Cc1ccc(Sc2ccc(C(=O)c3ccc(CCC(C)(C)O)cc3)cc2)cc1. The standard InChI is InChI=1S/C25H26O2S/c1-18-4-12-22(13-5-18)28-23-14-10-21(11-15-23)24(26)20-8-6-19(7-9-20)16-17-25(2,3)27/h4-15,27H,16-17H2,1-3H3. The van der Waals surface area contributed by atoms with Gasteiger partial charge in [0.25, 0.3) is 0 Å². The van der Waals surface area contributed by atoms with E-state index in [2.05, 4.69) is 31.2 Å². The third kappa shape index (κ3) is 5.82. The van der Waals surface area contributed by atoms with Crippen molar-refractivity contribution in [2.45, 2.75) is 49.0 Å². The minimum atomic E-state index is -0.674. The summed E-state index contributed by atoms with van der Waals surface area (Å²) in [5.74, 6) is 0.0286. The van der Waals surface area contributed by atoms with Crippen molar-refractivity contribution in [2.24, 2.45) is 0 Å². The molecule has 0 unspecified atom stereocenters. The van der Waals surface area contributed by atoms with E-state index in [9.17, 15) is 9.90 Å². The summed E-state index contributed by atoms with van der Waals surface area (Å²) in [6.45, 7) is 5.70. The first-order valence-corrected chi connectivity index (χ1v) is 10.3. The molecule has 0 spiro atoms. The third-order valence-electron chi connectivity index (χ3n) is 4.61. The van der Waals surface area contributed by atoms with Gasteiger partial charge in [-0.2, -0.15) is 0 Å². The van der Waals surface area contributed by atoms with Gasteiger partial charge < -0.3 is 5.11 Å². The molecule has 0 bridgehead atoms. The maximum atomic E-state index is 12.7. The molecule has 0 saturated carbocycles. The van der Waals surface area contributed by atoms with Crippen molar-refractivity contribution in [2.75, 3.05) is 0 Å². The van der Waals surface area contributed by atoms with E-state index >= 15 is 0 Å². The molecule has 2 nitrogen and oxygen atoms in total. The Bertz CT molecular complexity index is 918. The van der Waals surface area contributed by atoms with Crippen LogP contribution in [0.15, 0.2) is 82.6 Å². The molecule has 0 aliphatic heterocycles. The van der Waals surface area contributed by atoms with Crippen LogP contribution in [0.5, 0.6) is 0 Å². The van der Waals surface area contributed by atoms with Crippen molar-refractivity contribution in [3.05, 3.63) is 95.1 Å². The molecule has 0 aliphatic carbocycles. The number of hydrogen-bond acceptors (Lipinski definition) is 3. The zero-order chi connectivity index (χ0) is 20.1. The van der Waals surface area contributed by atoms with Gasteiger partial charge in [-0.25, -0.2) is 0 Å². The highest BCUT2D eigenvalue weighted by atomic mass is 32.2. The normalized spacial score (nSPS) is 11.4. The Morgan fingerprint density at radius 3 is 1.79 bits per heavy atom. The van der Waals surface area contributed by atoms with E-state index in [1.54, 1.807) is 11.8 Å². The number of benzene rings is 3. The average Bonchev–Trinajstić information content (AvgIpc) is 2.68. The Hall–Kier alpha value is -2.36. The van der Waals surface area contributed by atoms with E-state index in [4.69, 9.17) is 0 Å². The summed E-state index contributed by atoms with van der Waals surface area (Å²) < 4.78 is 0. The van der Waals surface area contributed by atoms with E-state index in [1.807, 2.05) is 62.4 Å². The van der Waals surface area contributed by atoms with Gasteiger partial charge in [-0.3, -0.25) is 4.79 Å². The lowest BCUT2D eigenvalue weighted by atomic mass is 9.97. The van der Waals surface area contributed by atoms with Crippen LogP contribution in [-0.4, -0.2) is 16.5 Å². The fourth-order valence-corrected chi connectivity index (χ4v) is 3.67. The third-order valence-corrected chi connectivity index (χ3v) is 5.63. The van der Waals surface area contributed by atoms with E-state index in [-0.39, 0.29) is 5.78 Å². The van der Waals surface area contributed by atoms with Gasteiger partial charge in [-0.1, -0.05) is 53.7 Å². The van der Waals surface area contributed by atoms with E-state index in [0.717, 1.165) is 16.9 Å². The summed E-state index contributed by atoms with van der Waals surface area (Å²) in [5, 5.41) is 9.84. The lowest BCUT2D eigenvalue weighted by molar-refractivity contribution is 0.0714. The molecule has 3 aromatic rings. The van der Waals surface area contributed by atoms with Crippen LogP contribution in [0.3, 0.4) is 0 Å². The Labute approximate surface area is 171 Å². The average molecular weight is 391 g/mol. The summed E-state index contributed by atoms with van der Waals surface area (Å²) in [4.78, 5) is 15.0. The fraction of sp³-hybridized carbons (Fsp3) is 0.240. The summed E-state index contributed by atoms with van der Waals surface area (Å²) in [6.07, 6.45) is 1.49. The molecule has 0 heterocycles. The van der Waals surface area contributed by atoms with Crippen LogP contribution >= 0.6 is 11.8 Å². The smallest absolute Gasteiger partial charge is 0.193 e. The number of carbonyl (C=O) groups excluding carboxylic acids is 1. The quantitative estimate of drug-likeness (QED) is 0.497. The van der Waals surface area contributed by atoms with Crippen LogP contribution in [0.25, 0.3) is 0 Å². The molecule has 3 aromatic carbocycles. The van der Waals surface area contributed by atoms with Gasteiger partial charge in [0.05, 0.1) is 5.60 Å². The number of hydrogen-bond donors (Lipinski definition) is 1. The van der Waals surface area contributed by atoms with Gasteiger partial charge in [0.1, 0.15) is 0 Å². The molecule has 3 heteroatoms. The first kappa shape index (κ1) is 20.4. The van der Waals surface area contributed by atoms with Gasteiger partial charge >= 0.3 is 0 Å². The fourth-order valence-electron chi connectivity index (χ4n) is 2.86. The van der Waals surface area contributed by atoms with Crippen LogP contribution in [0.2, 0.25) is 0 Å². The molecular formula is C25H26O2S. The minimum Gasteiger partial charge on any atom is -0.390 e. The zero-order valence-corrected chi connectivity index (χ0v) is 17.4. The highest BCUT2D eigenvalue weighted by Gasteiger charge is 2.13. The van der Waals surface area contributed by atoms with Gasteiger partial charge in [0, 0.05) is 20.9 Å². The lowest BCUT2D eigenvalue weighted by Gasteiger charge is -2.16. The number of aliphatic hydroxyl groups is 1. The predicted octanol–water partition coefficient (Wildman–Crippen LogP) is 6.08. The van der Waals surface area contributed by atoms with Gasteiger partial charge in [0.15, 0.2) is 5.78 Å². The number of carbonyl (C=O) groups is 1. The van der Waals surface area contributed by atoms with Crippen LogP contribution in [-0.2, 0) is 6.42 Å². The molecule has 0 saturated heterocycles. The zero-order valence-electron chi connectivity index (χ0n) is 16.6. The molecule has 0 aliphatic rings. The molecule has 144 valence electrons. The van der Waals surface area contributed by atoms with Crippen molar-refractivity contribution < 1.29 is 9.90 Å². The first-order valence-electron chi connectivity index (χ1n) is 9.51. The summed E-state index contributed by atoms with van der Waals surface area (Å²) >= 11 is 1.69. The number of rotatable bonds is 7. The predicted molar refractivity (Wildman–Crippen MR) is 116 cm³/mol. The van der Waals surface area contributed by atoms with Gasteiger partial charge in [0.2, 0.25) is 0 Å². The molecule has 0 radical (unpaired) electrons. The van der Waals surface area contributed by atoms with Gasteiger partial charge in [-0.15, -0.1) is 0 Å². The Balaban J connectivity index is 1.64. The highest BCUT2D eigenvalue weighted by Crippen LogP contribution is 2.28. The molecule has 3 rings (SSSR count). The van der Waals surface area contributed by atoms with Crippen molar-refractivity contribution in [1.29, 1.82) is 0 Å². The molecule has 0 aromatic heterocycles. The van der Waals surface area contributed by atoms with Crippen LogP contribution in [0.1, 0.15) is 47.3 Å². The second-order valence-electron chi connectivity index (χ2n) is 7.78. The number of aryl methyl sites for hydroxylation is 2. The van der Waals surface area contributed by atoms with Crippen molar-refractivity contribution >= 4 is 17.5 Å². The monoisotopic (exact) mass is 390 g/mol. The molecule has 0 atom stereocenters. The highest BCUT2D eigenvalue weighted by molar-refractivity contribution is 7.99. The van der Waals surface area contributed by atoms with Crippen molar-refractivity contribution in [1.82, 2.24) is 0 Å². The van der Waals surface area contributed by atoms with E-state index in [0.29, 0.717) is 17.5 Å². The molecular weight excluding hydrogens is 364 g/mol. The topological polar surface area (TPSA) is 37.3 Å². The molecule has 0 fully saturated rings. The molecule has 0 amide bonds. The maximum absolute atomic E-state index is 12.7. The summed E-state index contributed by atoms with van der Waals surface area (Å²) in [7, 11) is 0. The van der Waals surface area contributed by atoms with E-state index < -0.39 is 5.60 Å². The van der Waals surface area contributed by atoms with Crippen molar-refractivity contribution in [3.8, 4) is 0 Å². The van der Waals surface area contributed by atoms with Crippen LogP contribution < -0.4 is 0 Å². The Morgan fingerprint density at radius 2 is 1.29 bits per heavy atom. The Morgan fingerprint density at radius 1 is 0.821 bits per heavy atom. The maximum Gasteiger partial charge on any atom is 0.193 e. The second-order valence-corrected chi connectivity index (χ2v) is 8.92. The summed E-state index contributed by atoms with van der Waals surface area (Å²) in [5.41, 5.74) is 3.08. The molecule has 1 N–H and O–H groups in total. The molecule has 28 heavy (non-hydrogen) atoms. The Kier molecular flexibility index (Phi) is 6.38. The van der Waals surface area contributed by atoms with E-state index in [1.165, 1.54) is 10.5 Å². The first-order chi connectivity index (χ1) is 13.3. The second kappa shape index (κ2) is 8.76. The number of ketones is 1. The van der Waals surface area contributed by atoms with Crippen LogP contribution in [0.4, 0.5) is 0 Å². The largest absolute Gasteiger partial charge is 0.390 e. The minimum absolute atomic E-state index is 0.0286. The van der Waals surface area contributed by atoms with Crippen molar-refractivity contribution in [3.63, 3.8) is 0 Å².